The second kappa shape index (κ2) is 7.16. The summed E-state index contributed by atoms with van der Waals surface area (Å²) in [5.74, 6) is 0.899. The van der Waals surface area contributed by atoms with Crippen LogP contribution in [0, 0.1) is 12.8 Å². The third-order valence-electron chi connectivity index (χ3n) is 5.82. The van der Waals surface area contributed by atoms with Crippen molar-refractivity contribution in [3.63, 3.8) is 0 Å². The Morgan fingerprint density at radius 3 is 2.73 bits per heavy atom. The molecule has 1 saturated carbocycles. The van der Waals surface area contributed by atoms with Crippen molar-refractivity contribution in [1.29, 1.82) is 0 Å². The van der Waals surface area contributed by atoms with Crippen LogP contribution in [0.15, 0.2) is 41.0 Å². The summed E-state index contributed by atoms with van der Waals surface area (Å²) >= 11 is 3.61. The highest BCUT2D eigenvalue weighted by atomic mass is 79.9. The van der Waals surface area contributed by atoms with Crippen LogP contribution in [0.25, 0.3) is 27.8 Å². The van der Waals surface area contributed by atoms with Crippen LogP contribution in [0.5, 0.6) is 5.75 Å². The zero-order valence-corrected chi connectivity index (χ0v) is 18.7. The number of methoxy groups -OCH3 is 2. The first-order valence-corrected chi connectivity index (χ1v) is 10.7. The smallest absolute Gasteiger partial charge is 0.339 e. The summed E-state index contributed by atoms with van der Waals surface area (Å²) in [5, 5.41) is 6.06. The molecule has 1 aliphatic carbocycles. The fourth-order valence-electron chi connectivity index (χ4n) is 4.09. The lowest BCUT2D eigenvalue weighted by molar-refractivity contribution is 0.0599. The van der Waals surface area contributed by atoms with E-state index in [-0.39, 0.29) is 0 Å². The van der Waals surface area contributed by atoms with Crippen molar-refractivity contribution in [1.82, 2.24) is 14.2 Å². The molecule has 4 aromatic rings. The van der Waals surface area contributed by atoms with Gasteiger partial charge in [-0.25, -0.2) is 9.31 Å². The van der Waals surface area contributed by atoms with Gasteiger partial charge in [-0.3, -0.25) is 0 Å². The number of halogens is 1. The van der Waals surface area contributed by atoms with E-state index in [4.69, 9.17) is 14.6 Å². The molecule has 1 aliphatic rings. The van der Waals surface area contributed by atoms with Gasteiger partial charge in [-0.05, 0) is 49.9 Å². The highest BCUT2D eigenvalue weighted by molar-refractivity contribution is 9.10. The van der Waals surface area contributed by atoms with E-state index >= 15 is 0 Å². The highest BCUT2D eigenvalue weighted by Crippen LogP contribution is 2.38. The Labute approximate surface area is 182 Å². The number of benzene rings is 1. The zero-order chi connectivity index (χ0) is 21.0. The Kier molecular flexibility index (Phi) is 4.58. The quantitative estimate of drug-likeness (QED) is 0.377. The molecule has 7 heteroatoms. The van der Waals surface area contributed by atoms with E-state index < -0.39 is 5.97 Å². The van der Waals surface area contributed by atoms with Gasteiger partial charge in [0, 0.05) is 33.7 Å². The maximum absolute atomic E-state index is 12.1. The maximum Gasteiger partial charge on any atom is 0.339 e. The molecule has 154 valence electrons. The SMILES string of the molecule is COC(=O)c1cc(OC)c2c(C)c(-c3cc4ccc(Br)cc4n3CC3CC3)nn2c1. The van der Waals surface area contributed by atoms with Crippen LogP contribution in [0.4, 0.5) is 0 Å². The largest absolute Gasteiger partial charge is 0.494 e. The number of carbonyl (C=O) groups excluding carboxylic acids is 1. The van der Waals surface area contributed by atoms with E-state index in [0.717, 1.165) is 39.4 Å². The molecule has 0 bridgehead atoms. The molecule has 1 fully saturated rings. The predicted octanol–water partition coefficient (Wildman–Crippen LogP) is 5.23. The molecular formula is C23H22BrN3O3. The molecule has 3 aromatic heterocycles. The third-order valence-corrected chi connectivity index (χ3v) is 6.31. The fraction of sp³-hybridized carbons (Fsp3) is 0.304. The first kappa shape index (κ1) is 19.2. The molecule has 0 N–H and O–H groups in total. The lowest BCUT2D eigenvalue weighted by Crippen LogP contribution is -2.05. The van der Waals surface area contributed by atoms with E-state index in [1.54, 1.807) is 23.9 Å². The maximum atomic E-state index is 12.1. The summed E-state index contributed by atoms with van der Waals surface area (Å²) in [4.78, 5) is 12.1. The van der Waals surface area contributed by atoms with Crippen molar-refractivity contribution in [2.24, 2.45) is 5.92 Å². The monoisotopic (exact) mass is 467 g/mol. The van der Waals surface area contributed by atoms with Gasteiger partial charge < -0.3 is 14.0 Å². The highest BCUT2D eigenvalue weighted by Gasteiger charge is 2.26. The number of hydrogen-bond acceptors (Lipinski definition) is 4. The molecule has 0 atom stereocenters. The summed E-state index contributed by atoms with van der Waals surface area (Å²) in [6, 6.07) is 10.3. The minimum atomic E-state index is -0.419. The predicted molar refractivity (Wildman–Crippen MR) is 119 cm³/mol. The van der Waals surface area contributed by atoms with Crippen LogP contribution in [0.2, 0.25) is 0 Å². The number of aryl methyl sites for hydroxylation is 1. The number of ether oxygens (including phenoxy) is 2. The number of fused-ring (bicyclic) bond motifs is 2. The summed E-state index contributed by atoms with van der Waals surface area (Å²) in [6.45, 7) is 3.03. The van der Waals surface area contributed by atoms with Crippen molar-refractivity contribution in [2.45, 2.75) is 26.3 Å². The number of carbonyl (C=O) groups is 1. The molecule has 0 spiro atoms. The normalized spacial score (nSPS) is 13.9. The van der Waals surface area contributed by atoms with Crippen molar-refractivity contribution in [3.8, 4) is 17.1 Å². The van der Waals surface area contributed by atoms with Gasteiger partial charge in [0.2, 0.25) is 0 Å². The Balaban J connectivity index is 1.76. The molecular weight excluding hydrogens is 446 g/mol. The van der Waals surface area contributed by atoms with E-state index in [2.05, 4.69) is 44.8 Å². The first-order chi connectivity index (χ1) is 14.5. The van der Waals surface area contributed by atoms with Gasteiger partial charge in [-0.15, -0.1) is 0 Å². The van der Waals surface area contributed by atoms with Crippen LogP contribution in [0.1, 0.15) is 28.8 Å². The van der Waals surface area contributed by atoms with Crippen LogP contribution in [0.3, 0.4) is 0 Å². The van der Waals surface area contributed by atoms with Gasteiger partial charge >= 0.3 is 5.97 Å². The molecule has 0 aliphatic heterocycles. The minimum absolute atomic E-state index is 0.401. The number of pyridine rings is 1. The van der Waals surface area contributed by atoms with Gasteiger partial charge in [0.25, 0.3) is 0 Å². The number of hydrogen-bond donors (Lipinski definition) is 0. The summed E-state index contributed by atoms with van der Waals surface area (Å²) in [5.41, 5.74) is 5.44. The van der Waals surface area contributed by atoms with Gasteiger partial charge in [0.15, 0.2) is 0 Å². The van der Waals surface area contributed by atoms with Crippen molar-refractivity contribution >= 4 is 38.3 Å². The van der Waals surface area contributed by atoms with E-state index in [9.17, 15) is 4.79 Å². The van der Waals surface area contributed by atoms with Crippen LogP contribution in [-0.4, -0.2) is 34.4 Å². The molecule has 0 radical (unpaired) electrons. The van der Waals surface area contributed by atoms with E-state index in [1.165, 1.54) is 30.9 Å². The van der Waals surface area contributed by atoms with Gasteiger partial charge in [0.1, 0.15) is 17.0 Å². The zero-order valence-electron chi connectivity index (χ0n) is 17.1. The molecule has 0 saturated heterocycles. The molecule has 0 unspecified atom stereocenters. The molecule has 5 rings (SSSR count). The Hall–Kier alpha value is -2.80. The Morgan fingerprint density at radius 2 is 2.03 bits per heavy atom. The summed E-state index contributed by atoms with van der Waals surface area (Å²) < 4.78 is 15.6. The van der Waals surface area contributed by atoms with Gasteiger partial charge in [-0.2, -0.15) is 5.10 Å². The Bertz CT molecular complexity index is 1300. The number of aromatic nitrogens is 3. The van der Waals surface area contributed by atoms with Crippen molar-refractivity contribution in [2.75, 3.05) is 14.2 Å². The van der Waals surface area contributed by atoms with Crippen molar-refractivity contribution < 1.29 is 14.3 Å². The second-order valence-corrected chi connectivity index (χ2v) is 8.76. The average Bonchev–Trinajstić information content (AvgIpc) is 3.42. The third kappa shape index (κ3) is 3.08. The molecule has 6 nitrogen and oxygen atoms in total. The van der Waals surface area contributed by atoms with Crippen LogP contribution < -0.4 is 4.74 Å². The first-order valence-electron chi connectivity index (χ1n) is 9.94. The lowest BCUT2D eigenvalue weighted by Gasteiger charge is -2.09. The van der Waals surface area contributed by atoms with Crippen LogP contribution in [-0.2, 0) is 11.3 Å². The van der Waals surface area contributed by atoms with Crippen LogP contribution >= 0.6 is 15.9 Å². The summed E-state index contributed by atoms with van der Waals surface area (Å²) in [7, 11) is 2.97. The number of rotatable bonds is 5. The number of nitrogens with zero attached hydrogens (tertiary/aromatic N) is 3. The standard InChI is InChI=1S/C23H22BrN3O3/c1-13-21(25-27-12-16(23(28)30-3)9-20(29-2)22(13)27)19-8-15-6-7-17(24)10-18(15)26(19)11-14-4-5-14/h6-10,12,14H,4-5,11H2,1-3H3. The minimum Gasteiger partial charge on any atom is -0.494 e. The molecule has 0 amide bonds. The topological polar surface area (TPSA) is 57.8 Å². The second-order valence-electron chi connectivity index (χ2n) is 7.84. The average molecular weight is 468 g/mol. The molecule has 30 heavy (non-hydrogen) atoms. The lowest BCUT2D eigenvalue weighted by atomic mass is 10.1. The van der Waals surface area contributed by atoms with Gasteiger partial charge in [-0.1, -0.05) is 22.0 Å². The Morgan fingerprint density at radius 1 is 1.23 bits per heavy atom. The molecule has 3 heterocycles. The molecule has 1 aromatic carbocycles. The fourth-order valence-corrected chi connectivity index (χ4v) is 4.44. The number of esters is 1. The van der Waals surface area contributed by atoms with E-state index in [1.807, 2.05) is 6.92 Å². The van der Waals surface area contributed by atoms with Gasteiger partial charge in [0.05, 0.1) is 25.5 Å². The van der Waals surface area contributed by atoms with Crippen molar-refractivity contribution in [3.05, 3.63) is 52.1 Å². The van der Waals surface area contributed by atoms with E-state index in [0.29, 0.717) is 11.3 Å². The summed E-state index contributed by atoms with van der Waals surface area (Å²) in [6.07, 6.45) is 4.24.